The Hall–Kier alpha value is -1.66. The molecule has 0 fully saturated rings. The van der Waals surface area contributed by atoms with E-state index >= 15 is 0 Å². The van der Waals surface area contributed by atoms with Crippen LogP contribution in [0.25, 0.3) is 16.7 Å². The molecule has 2 aromatic carbocycles. The molecular formula is C13H7BrClF2N3. The molecule has 0 unspecified atom stereocenters. The number of anilines is 1. The van der Waals surface area contributed by atoms with Crippen LogP contribution in [-0.4, -0.2) is 9.55 Å². The standard InChI is InChI=1S/C13H7BrClF2N3/c14-6-3-8(16)12(9(17)4-6)20-11-5-7(15)1-2-10(11)19-13(20)18/h1-5H,(H2,18,19). The molecule has 0 spiro atoms. The number of fused-ring (bicyclic) bond motifs is 1. The third-order valence-electron chi connectivity index (χ3n) is 2.85. The van der Waals surface area contributed by atoms with Crippen LogP contribution in [0.2, 0.25) is 5.02 Å². The predicted octanol–water partition coefficient (Wildman–Crippen LogP) is 4.30. The number of aromatic nitrogens is 2. The summed E-state index contributed by atoms with van der Waals surface area (Å²) in [5.74, 6) is -1.51. The normalized spacial score (nSPS) is 11.2. The average Bonchev–Trinajstić information content (AvgIpc) is 2.65. The fraction of sp³-hybridized carbons (Fsp3) is 0. The number of nitrogen functional groups attached to an aromatic ring is 1. The molecule has 1 aromatic heterocycles. The number of nitrogens with zero attached hydrogens (tertiary/aromatic N) is 2. The fourth-order valence-electron chi connectivity index (χ4n) is 2.05. The molecule has 0 amide bonds. The van der Waals surface area contributed by atoms with Crippen molar-refractivity contribution in [1.82, 2.24) is 9.55 Å². The van der Waals surface area contributed by atoms with Crippen molar-refractivity contribution in [3.63, 3.8) is 0 Å². The number of nitrogens with two attached hydrogens (primary N) is 1. The molecular weight excluding hydrogens is 352 g/mol. The molecule has 2 N–H and O–H groups in total. The molecule has 0 bridgehead atoms. The first-order valence-corrected chi connectivity index (χ1v) is 6.73. The molecule has 3 aromatic rings. The maximum absolute atomic E-state index is 14.1. The summed E-state index contributed by atoms with van der Waals surface area (Å²) >= 11 is 8.95. The van der Waals surface area contributed by atoms with E-state index in [-0.39, 0.29) is 11.6 Å². The molecule has 0 radical (unpaired) electrons. The number of rotatable bonds is 1. The van der Waals surface area contributed by atoms with Crippen molar-refractivity contribution < 1.29 is 8.78 Å². The highest BCUT2D eigenvalue weighted by Crippen LogP contribution is 2.30. The van der Waals surface area contributed by atoms with Crippen molar-refractivity contribution in [3.8, 4) is 5.69 Å². The highest BCUT2D eigenvalue weighted by molar-refractivity contribution is 9.10. The first kappa shape index (κ1) is 13.3. The second-order valence-corrected chi connectivity index (χ2v) is 5.51. The fourth-order valence-corrected chi connectivity index (χ4v) is 2.62. The van der Waals surface area contributed by atoms with Crippen LogP contribution < -0.4 is 5.73 Å². The van der Waals surface area contributed by atoms with Crippen molar-refractivity contribution in [2.75, 3.05) is 5.73 Å². The Balaban J connectivity index is 2.40. The van der Waals surface area contributed by atoms with Crippen LogP contribution in [0.1, 0.15) is 0 Å². The third-order valence-corrected chi connectivity index (χ3v) is 3.54. The highest BCUT2D eigenvalue weighted by Gasteiger charge is 2.18. The summed E-state index contributed by atoms with van der Waals surface area (Å²) in [6.07, 6.45) is 0. The lowest BCUT2D eigenvalue weighted by atomic mass is 10.2. The average molecular weight is 359 g/mol. The van der Waals surface area contributed by atoms with Crippen LogP contribution >= 0.6 is 27.5 Å². The lowest BCUT2D eigenvalue weighted by Gasteiger charge is -2.09. The van der Waals surface area contributed by atoms with Crippen molar-refractivity contribution in [3.05, 3.63) is 51.5 Å². The zero-order valence-corrected chi connectivity index (χ0v) is 12.2. The number of halogens is 4. The molecule has 0 atom stereocenters. The van der Waals surface area contributed by atoms with Gasteiger partial charge in [0, 0.05) is 9.50 Å². The van der Waals surface area contributed by atoms with Crippen molar-refractivity contribution >= 4 is 44.5 Å². The highest BCUT2D eigenvalue weighted by atomic mass is 79.9. The molecule has 0 aliphatic rings. The van der Waals surface area contributed by atoms with Crippen LogP contribution in [0.4, 0.5) is 14.7 Å². The molecule has 20 heavy (non-hydrogen) atoms. The molecule has 1 heterocycles. The first-order chi connectivity index (χ1) is 9.47. The summed E-state index contributed by atoms with van der Waals surface area (Å²) in [4.78, 5) is 4.07. The summed E-state index contributed by atoms with van der Waals surface area (Å²) in [6, 6.07) is 7.15. The van der Waals surface area contributed by atoms with E-state index in [0.29, 0.717) is 20.5 Å². The van der Waals surface area contributed by atoms with E-state index in [4.69, 9.17) is 17.3 Å². The number of imidazole rings is 1. The molecule has 0 saturated carbocycles. The van der Waals surface area contributed by atoms with Gasteiger partial charge in [-0.3, -0.25) is 4.57 Å². The minimum Gasteiger partial charge on any atom is -0.369 e. The Labute approximate surface area is 126 Å². The zero-order valence-electron chi connectivity index (χ0n) is 9.87. The summed E-state index contributed by atoms with van der Waals surface area (Å²) in [5.41, 5.74) is 6.44. The van der Waals surface area contributed by atoms with Gasteiger partial charge in [-0.25, -0.2) is 13.8 Å². The van der Waals surface area contributed by atoms with Crippen LogP contribution in [0.3, 0.4) is 0 Å². The maximum atomic E-state index is 14.1. The van der Waals surface area contributed by atoms with Gasteiger partial charge in [0.1, 0.15) is 5.69 Å². The second kappa shape index (κ2) is 4.71. The number of hydrogen-bond acceptors (Lipinski definition) is 2. The molecule has 102 valence electrons. The van der Waals surface area contributed by atoms with Crippen LogP contribution in [0.15, 0.2) is 34.8 Å². The van der Waals surface area contributed by atoms with E-state index in [1.165, 1.54) is 4.57 Å². The minimum absolute atomic E-state index is 0.0117. The van der Waals surface area contributed by atoms with Crippen molar-refractivity contribution in [2.45, 2.75) is 0 Å². The van der Waals surface area contributed by atoms with Gasteiger partial charge < -0.3 is 5.73 Å². The predicted molar refractivity (Wildman–Crippen MR) is 78.1 cm³/mol. The van der Waals surface area contributed by atoms with Gasteiger partial charge in [0.05, 0.1) is 11.0 Å². The number of hydrogen-bond donors (Lipinski definition) is 1. The Morgan fingerprint density at radius 3 is 2.45 bits per heavy atom. The Morgan fingerprint density at radius 2 is 1.80 bits per heavy atom. The quantitative estimate of drug-likeness (QED) is 0.705. The molecule has 0 saturated heterocycles. The van der Waals surface area contributed by atoms with E-state index in [2.05, 4.69) is 20.9 Å². The van der Waals surface area contributed by atoms with Gasteiger partial charge in [-0.05, 0) is 30.3 Å². The summed E-state index contributed by atoms with van der Waals surface area (Å²) < 4.78 is 29.7. The van der Waals surface area contributed by atoms with Crippen LogP contribution in [-0.2, 0) is 0 Å². The molecule has 3 rings (SSSR count). The van der Waals surface area contributed by atoms with E-state index in [1.54, 1.807) is 18.2 Å². The van der Waals surface area contributed by atoms with E-state index in [1.807, 2.05) is 0 Å². The zero-order chi connectivity index (χ0) is 14.4. The topological polar surface area (TPSA) is 43.8 Å². The Morgan fingerprint density at radius 1 is 1.15 bits per heavy atom. The van der Waals surface area contributed by atoms with Gasteiger partial charge in [-0.1, -0.05) is 27.5 Å². The smallest absolute Gasteiger partial charge is 0.206 e. The second-order valence-electron chi connectivity index (χ2n) is 4.16. The molecule has 7 heteroatoms. The van der Waals surface area contributed by atoms with Crippen LogP contribution in [0, 0.1) is 11.6 Å². The van der Waals surface area contributed by atoms with Gasteiger partial charge in [0.25, 0.3) is 0 Å². The van der Waals surface area contributed by atoms with Crippen LogP contribution in [0.5, 0.6) is 0 Å². The lowest BCUT2D eigenvalue weighted by molar-refractivity contribution is 0.570. The molecule has 0 aliphatic carbocycles. The Kier molecular flexibility index (Phi) is 3.14. The largest absolute Gasteiger partial charge is 0.369 e. The number of benzene rings is 2. The van der Waals surface area contributed by atoms with Gasteiger partial charge in [-0.15, -0.1) is 0 Å². The maximum Gasteiger partial charge on any atom is 0.206 e. The van der Waals surface area contributed by atoms with Gasteiger partial charge in [0.15, 0.2) is 11.6 Å². The van der Waals surface area contributed by atoms with Crippen molar-refractivity contribution in [1.29, 1.82) is 0 Å². The van der Waals surface area contributed by atoms with E-state index in [0.717, 1.165) is 12.1 Å². The Bertz CT molecular complexity index is 809. The molecule has 3 nitrogen and oxygen atoms in total. The van der Waals surface area contributed by atoms with Crippen molar-refractivity contribution in [2.24, 2.45) is 0 Å². The van der Waals surface area contributed by atoms with Gasteiger partial charge >= 0.3 is 0 Å². The summed E-state index contributed by atoms with van der Waals surface area (Å²) in [5, 5.41) is 0.427. The van der Waals surface area contributed by atoms with Gasteiger partial charge in [-0.2, -0.15) is 0 Å². The first-order valence-electron chi connectivity index (χ1n) is 5.56. The van der Waals surface area contributed by atoms with E-state index in [9.17, 15) is 8.78 Å². The SMILES string of the molecule is Nc1nc2ccc(Cl)cc2n1-c1c(F)cc(Br)cc1F. The minimum atomic E-state index is -0.747. The third kappa shape index (κ3) is 2.05. The summed E-state index contributed by atoms with van der Waals surface area (Å²) in [7, 11) is 0. The van der Waals surface area contributed by atoms with Gasteiger partial charge in [0.2, 0.25) is 5.95 Å². The molecule has 0 aliphatic heterocycles. The summed E-state index contributed by atoms with van der Waals surface area (Å²) in [6.45, 7) is 0. The lowest BCUT2D eigenvalue weighted by Crippen LogP contribution is -2.05. The van der Waals surface area contributed by atoms with E-state index < -0.39 is 11.6 Å². The monoisotopic (exact) mass is 357 g/mol.